The number of benzene rings is 1. The fourth-order valence-corrected chi connectivity index (χ4v) is 3.05. The van der Waals surface area contributed by atoms with Gasteiger partial charge in [-0.25, -0.2) is 4.79 Å². The van der Waals surface area contributed by atoms with Crippen LogP contribution in [0.1, 0.15) is 43.0 Å². The summed E-state index contributed by atoms with van der Waals surface area (Å²) in [6.07, 6.45) is 4.37. The molecule has 1 aromatic carbocycles. The van der Waals surface area contributed by atoms with Crippen molar-refractivity contribution in [1.82, 2.24) is 5.32 Å². The van der Waals surface area contributed by atoms with Gasteiger partial charge in [-0.15, -0.1) is 0 Å². The van der Waals surface area contributed by atoms with E-state index in [2.05, 4.69) is 12.2 Å². The van der Waals surface area contributed by atoms with Crippen LogP contribution in [-0.4, -0.2) is 31.6 Å². The van der Waals surface area contributed by atoms with Crippen LogP contribution in [-0.2, 0) is 9.53 Å². The molecule has 1 aliphatic carbocycles. The van der Waals surface area contributed by atoms with Crippen LogP contribution >= 0.6 is 11.6 Å². The largest absolute Gasteiger partial charge is 0.496 e. The van der Waals surface area contributed by atoms with E-state index in [0.29, 0.717) is 11.6 Å². The smallest absolute Gasteiger partial charge is 0.342 e. The maximum Gasteiger partial charge on any atom is 0.342 e. The molecular formula is C17H23ClN2O4. The van der Waals surface area contributed by atoms with Gasteiger partial charge in [0, 0.05) is 12.1 Å². The highest BCUT2D eigenvalue weighted by Crippen LogP contribution is 2.29. The lowest BCUT2D eigenvalue weighted by Gasteiger charge is -2.29. The zero-order chi connectivity index (χ0) is 17.7. The van der Waals surface area contributed by atoms with Gasteiger partial charge in [-0.2, -0.15) is 0 Å². The summed E-state index contributed by atoms with van der Waals surface area (Å²) in [4.78, 5) is 24.2. The molecule has 2 rings (SSSR count). The number of esters is 1. The summed E-state index contributed by atoms with van der Waals surface area (Å²) in [5.41, 5.74) is 6.11. The van der Waals surface area contributed by atoms with Gasteiger partial charge in [0.1, 0.15) is 11.3 Å². The molecule has 0 heterocycles. The zero-order valence-electron chi connectivity index (χ0n) is 13.9. The molecular weight excluding hydrogens is 332 g/mol. The van der Waals surface area contributed by atoms with Gasteiger partial charge in [-0.1, -0.05) is 31.4 Å². The molecule has 0 spiro atoms. The summed E-state index contributed by atoms with van der Waals surface area (Å²) in [7, 11) is 1.41. The van der Waals surface area contributed by atoms with Crippen LogP contribution in [0.3, 0.4) is 0 Å². The maximum atomic E-state index is 12.2. The Bertz CT molecular complexity index is 621. The van der Waals surface area contributed by atoms with Gasteiger partial charge in [0.05, 0.1) is 17.8 Å². The van der Waals surface area contributed by atoms with E-state index in [-0.39, 0.29) is 34.9 Å². The molecule has 1 aliphatic rings. The van der Waals surface area contributed by atoms with Gasteiger partial charge >= 0.3 is 5.97 Å². The molecule has 1 aromatic rings. The number of methoxy groups -OCH3 is 1. The molecule has 6 nitrogen and oxygen atoms in total. The van der Waals surface area contributed by atoms with Crippen molar-refractivity contribution in [3.05, 3.63) is 22.7 Å². The molecule has 1 fully saturated rings. The number of amides is 1. The van der Waals surface area contributed by atoms with Crippen molar-refractivity contribution in [3.63, 3.8) is 0 Å². The zero-order valence-corrected chi connectivity index (χ0v) is 14.7. The molecule has 132 valence electrons. The van der Waals surface area contributed by atoms with Crippen molar-refractivity contribution in [1.29, 1.82) is 0 Å². The number of anilines is 1. The molecule has 3 N–H and O–H groups in total. The summed E-state index contributed by atoms with van der Waals surface area (Å²) in [6.45, 7) is 1.78. The van der Waals surface area contributed by atoms with Crippen molar-refractivity contribution in [2.45, 2.75) is 38.6 Å². The lowest BCUT2D eigenvalue weighted by Crippen LogP contribution is -2.42. The minimum absolute atomic E-state index is 0.135. The number of nitrogen functional groups attached to an aromatic ring is 1. The number of nitrogens with one attached hydrogen (secondary N) is 1. The Labute approximate surface area is 146 Å². The van der Waals surface area contributed by atoms with Crippen molar-refractivity contribution in [3.8, 4) is 5.75 Å². The molecule has 7 heteroatoms. The highest BCUT2D eigenvalue weighted by atomic mass is 35.5. The Morgan fingerprint density at radius 2 is 2.04 bits per heavy atom. The number of halogens is 1. The van der Waals surface area contributed by atoms with Crippen molar-refractivity contribution in [2.75, 3.05) is 19.5 Å². The summed E-state index contributed by atoms with van der Waals surface area (Å²) >= 11 is 5.93. The predicted octanol–water partition coefficient (Wildman–Crippen LogP) is 2.78. The quantitative estimate of drug-likeness (QED) is 0.626. The first-order valence-electron chi connectivity index (χ1n) is 8.02. The van der Waals surface area contributed by atoms with E-state index in [0.717, 1.165) is 19.3 Å². The number of ether oxygens (including phenoxy) is 2. The van der Waals surface area contributed by atoms with Crippen LogP contribution < -0.4 is 15.8 Å². The first-order valence-corrected chi connectivity index (χ1v) is 8.39. The third kappa shape index (κ3) is 4.54. The van der Waals surface area contributed by atoms with E-state index in [1.165, 1.54) is 25.7 Å². The highest BCUT2D eigenvalue weighted by molar-refractivity contribution is 6.33. The summed E-state index contributed by atoms with van der Waals surface area (Å²) < 4.78 is 10.2. The van der Waals surface area contributed by atoms with Gasteiger partial charge < -0.3 is 20.5 Å². The molecule has 0 bridgehead atoms. The van der Waals surface area contributed by atoms with Crippen LogP contribution in [0.5, 0.6) is 5.75 Å². The summed E-state index contributed by atoms with van der Waals surface area (Å²) in [5, 5.41) is 3.16. The number of rotatable bonds is 5. The van der Waals surface area contributed by atoms with Crippen LogP contribution in [0.4, 0.5) is 5.69 Å². The lowest BCUT2D eigenvalue weighted by atomic mass is 9.86. The van der Waals surface area contributed by atoms with Gasteiger partial charge in [-0.05, 0) is 24.8 Å². The van der Waals surface area contributed by atoms with E-state index in [9.17, 15) is 9.59 Å². The van der Waals surface area contributed by atoms with Crippen LogP contribution in [0, 0.1) is 5.92 Å². The Hall–Kier alpha value is -1.95. The van der Waals surface area contributed by atoms with Gasteiger partial charge in [0.2, 0.25) is 0 Å². The number of carbonyl (C=O) groups excluding carboxylic acids is 2. The Morgan fingerprint density at radius 3 is 2.71 bits per heavy atom. The fraction of sp³-hybridized carbons (Fsp3) is 0.529. The molecule has 0 aromatic heterocycles. The number of hydrogen-bond acceptors (Lipinski definition) is 5. The van der Waals surface area contributed by atoms with E-state index < -0.39 is 5.97 Å². The SMILES string of the molecule is COc1cc(N)c(Cl)cc1C(=O)OCC(=O)N[C@@H]1CCCC[C@H]1C. The first kappa shape index (κ1) is 18.4. The third-order valence-electron chi connectivity index (χ3n) is 4.33. The topological polar surface area (TPSA) is 90.7 Å². The van der Waals surface area contributed by atoms with E-state index in [4.69, 9.17) is 26.8 Å². The predicted molar refractivity (Wildman–Crippen MR) is 92.3 cm³/mol. The minimum Gasteiger partial charge on any atom is -0.496 e. The molecule has 1 saturated carbocycles. The van der Waals surface area contributed by atoms with E-state index in [1.54, 1.807) is 0 Å². The second-order valence-electron chi connectivity index (χ2n) is 6.09. The first-order chi connectivity index (χ1) is 11.4. The molecule has 0 saturated heterocycles. The maximum absolute atomic E-state index is 12.2. The summed E-state index contributed by atoms with van der Waals surface area (Å²) in [5.74, 6) is -0.291. The summed E-state index contributed by atoms with van der Waals surface area (Å²) in [6, 6.07) is 2.97. The van der Waals surface area contributed by atoms with Crippen molar-refractivity contribution in [2.24, 2.45) is 5.92 Å². The van der Waals surface area contributed by atoms with Gasteiger partial charge in [0.15, 0.2) is 6.61 Å². The molecule has 1 amide bonds. The van der Waals surface area contributed by atoms with E-state index in [1.807, 2.05) is 0 Å². The molecule has 0 radical (unpaired) electrons. The normalized spacial score (nSPS) is 20.3. The number of nitrogens with two attached hydrogens (primary N) is 1. The second kappa shape index (κ2) is 8.24. The lowest BCUT2D eigenvalue weighted by molar-refractivity contribution is -0.125. The van der Waals surface area contributed by atoms with Crippen molar-refractivity contribution >= 4 is 29.2 Å². The highest BCUT2D eigenvalue weighted by Gasteiger charge is 2.23. The van der Waals surface area contributed by atoms with E-state index >= 15 is 0 Å². The average molecular weight is 355 g/mol. The third-order valence-corrected chi connectivity index (χ3v) is 4.66. The Balaban J connectivity index is 1.93. The standard InChI is InChI=1S/C17H23ClN2O4/c1-10-5-3-4-6-14(10)20-16(21)9-24-17(22)11-7-12(18)13(19)8-15(11)23-2/h7-8,10,14H,3-6,9,19H2,1-2H3,(H,20,21)/t10-,14-/m1/s1. The minimum atomic E-state index is -0.680. The van der Waals surface area contributed by atoms with Crippen LogP contribution in [0.15, 0.2) is 12.1 Å². The van der Waals surface area contributed by atoms with Crippen LogP contribution in [0.2, 0.25) is 5.02 Å². The fourth-order valence-electron chi connectivity index (χ4n) is 2.89. The monoisotopic (exact) mass is 354 g/mol. The Kier molecular flexibility index (Phi) is 6.31. The van der Waals surface area contributed by atoms with Crippen LogP contribution in [0.25, 0.3) is 0 Å². The number of carbonyl (C=O) groups is 2. The molecule has 2 atom stereocenters. The Morgan fingerprint density at radius 1 is 1.33 bits per heavy atom. The molecule has 24 heavy (non-hydrogen) atoms. The van der Waals surface area contributed by atoms with Gasteiger partial charge in [-0.3, -0.25) is 4.79 Å². The molecule has 0 aliphatic heterocycles. The molecule has 0 unspecified atom stereocenters. The average Bonchev–Trinajstić information content (AvgIpc) is 2.56. The van der Waals surface area contributed by atoms with Gasteiger partial charge in [0.25, 0.3) is 5.91 Å². The van der Waals surface area contributed by atoms with Crippen molar-refractivity contribution < 1.29 is 19.1 Å². The second-order valence-corrected chi connectivity index (χ2v) is 6.49. The number of hydrogen-bond donors (Lipinski definition) is 2.